The number of hydrogen-bond donors (Lipinski definition) is 1. The topological polar surface area (TPSA) is 71.1 Å². The maximum absolute atomic E-state index is 11.0. The van der Waals surface area contributed by atoms with Gasteiger partial charge in [0.05, 0.1) is 29.9 Å². The van der Waals surface area contributed by atoms with Crippen LogP contribution >= 0.6 is 0 Å². The van der Waals surface area contributed by atoms with E-state index in [1.165, 1.54) is 0 Å². The largest absolute Gasteiger partial charge is 0.481 e. The molecule has 0 bridgehead atoms. The fourth-order valence-corrected chi connectivity index (χ4v) is 3.67. The van der Waals surface area contributed by atoms with Crippen LogP contribution in [0.4, 0.5) is 0 Å². The van der Waals surface area contributed by atoms with E-state index in [-0.39, 0.29) is 0 Å². The first kappa shape index (κ1) is 15.8. The Morgan fingerprint density at radius 1 is 1.62 bits per heavy atom. The van der Waals surface area contributed by atoms with E-state index in [4.69, 9.17) is 4.74 Å². The number of aromatic nitrogens is 2. The number of ether oxygens (including phenoxy) is 1. The molecule has 1 heterocycles. The maximum Gasteiger partial charge on any atom is 0.217 e. The average molecular weight is 291 g/mol. The smallest absolute Gasteiger partial charge is 0.217 e. The van der Waals surface area contributed by atoms with E-state index in [0.717, 1.165) is 37.8 Å². The average Bonchev–Trinajstić information content (AvgIpc) is 2.79. The number of nitrogens with zero attached hydrogens (tertiary/aromatic N) is 3. The van der Waals surface area contributed by atoms with Crippen molar-refractivity contribution in [3.05, 3.63) is 11.3 Å². The number of aliphatic hydroxyl groups excluding tert-OH is 1. The van der Waals surface area contributed by atoms with Gasteiger partial charge in [-0.2, -0.15) is 10.4 Å². The molecule has 1 aliphatic carbocycles. The van der Waals surface area contributed by atoms with Crippen LogP contribution in [0.15, 0.2) is 0 Å². The van der Waals surface area contributed by atoms with Crippen molar-refractivity contribution < 1.29 is 9.84 Å². The molecule has 5 nitrogen and oxygen atoms in total. The van der Waals surface area contributed by atoms with Crippen LogP contribution in [0.3, 0.4) is 0 Å². The van der Waals surface area contributed by atoms with Gasteiger partial charge < -0.3 is 9.84 Å². The lowest BCUT2D eigenvalue weighted by Crippen LogP contribution is -2.34. The summed E-state index contributed by atoms with van der Waals surface area (Å²) in [6.45, 7) is 4.01. The fraction of sp³-hybridized carbons (Fsp3) is 0.750. The zero-order valence-electron chi connectivity index (χ0n) is 13.4. The summed E-state index contributed by atoms with van der Waals surface area (Å²) < 4.78 is 7.01. The van der Waals surface area contributed by atoms with Gasteiger partial charge in [0.2, 0.25) is 5.88 Å². The SMILES string of the molecule is CCC1CCCC(C#N)(C(O)c2c(C)nn(C)c2OC)C1. The molecule has 3 atom stereocenters. The first-order valence-corrected chi connectivity index (χ1v) is 7.65. The Hall–Kier alpha value is -1.54. The summed E-state index contributed by atoms with van der Waals surface area (Å²) in [6, 6.07) is 2.43. The third-order valence-electron chi connectivity index (χ3n) is 4.89. The normalized spacial score (nSPS) is 27.1. The van der Waals surface area contributed by atoms with Crippen LogP contribution < -0.4 is 4.74 Å². The van der Waals surface area contributed by atoms with E-state index in [2.05, 4.69) is 18.1 Å². The van der Waals surface area contributed by atoms with Crippen LogP contribution in [0.2, 0.25) is 0 Å². The number of aliphatic hydroxyl groups is 1. The summed E-state index contributed by atoms with van der Waals surface area (Å²) in [4.78, 5) is 0. The molecule has 0 amide bonds. The van der Waals surface area contributed by atoms with Gasteiger partial charge in [-0.05, 0) is 25.7 Å². The zero-order chi connectivity index (χ0) is 15.6. The first-order chi connectivity index (χ1) is 9.99. The lowest BCUT2D eigenvalue weighted by Gasteiger charge is -2.38. The molecule has 1 N–H and O–H groups in total. The molecule has 1 aromatic heterocycles. The second-order valence-electron chi connectivity index (χ2n) is 6.17. The highest BCUT2D eigenvalue weighted by molar-refractivity contribution is 5.36. The lowest BCUT2D eigenvalue weighted by atomic mass is 9.65. The molecule has 2 rings (SSSR count). The highest BCUT2D eigenvalue weighted by Gasteiger charge is 2.45. The summed E-state index contributed by atoms with van der Waals surface area (Å²) in [6.07, 6.45) is 3.83. The molecule has 0 aliphatic heterocycles. The number of nitriles is 1. The molecule has 5 heteroatoms. The molecule has 116 valence electrons. The Morgan fingerprint density at radius 2 is 2.33 bits per heavy atom. The van der Waals surface area contributed by atoms with Crippen molar-refractivity contribution in [3.63, 3.8) is 0 Å². The van der Waals surface area contributed by atoms with Crippen molar-refractivity contribution in [1.82, 2.24) is 9.78 Å². The highest BCUT2D eigenvalue weighted by Crippen LogP contribution is 2.50. The quantitative estimate of drug-likeness (QED) is 0.926. The van der Waals surface area contributed by atoms with Crippen LogP contribution in [0.25, 0.3) is 0 Å². The predicted molar refractivity (Wildman–Crippen MR) is 79.8 cm³/mol. The second kappa shape index (κ2) is 6.07. The molecule has 0 radical (unpaired) electrons. The molecule has 1 saturated carbocycles. The standard InChI is InChI=1S/C16H25N3O2/c1-5-12-7-6-8-16(9-12,10-17)14(20)13-11(2)18-19(3)15(13)21-4/h12,14,20H,5-9H2,1-4H3. The number of hydrogen-bond acceptors (Lipinski definition) is 4. The van der Waals surface area contributed by atoms with Gasteiger partial charge in [0, 0.05) is 7.05 Å². The first-order valence-electron chi connectivity index (χ1n) is 7.65. The third-order valence-corrected chi connectivity index (χ3v) is 4.89. The molecule has 1 aromatic rings. The minimum absolute atomic E-state index is 0.510. The Bertz CT molecular complexity index is 546. The van der Waals surface area contributed by atoms with Crippen LogP contribution in [-0.2, 0) is 7.05 Å². The van der Waals surface area contributed by atoms with E-state index in [9.17, 15) is 10.4 Å². The van der Waals surface area contributed by atoms with Crippen LogP contribution in [0, 0.1) is 29.6 Å². The molecule has 3 unspecified atom stereocenters. The lowest BCUT2D eigenvalue weighted by molar-refractivity contribution is 0.0165. The predicted octanol–water partition coefficient (Wildman–Crippen LogP) is 2.88. The van der Waals surface area contributed by atoms with Crippen molar-refractivity contribution >= 4 is 0 Å². The van der Waals surface area contributed by atoms with Gasteiger partial charge in [-0.3, -0.25) is 0 Å². The van der Waals surface area contributed by atoms with Gasteiger partial charge in [-0.15, -0.1) is 0 Å². The van der Waals surface area contributed by atoms with Gasteiger partial charge in [0.1, 0.15) is 6.10 Å². The Kier molecular flexibility index (Phi) is 4.58. The van der Waals surface area contributed by atoms with Crippen molar-refractivity contribution in [2.75, 3.05) is 7.11 Å². The molecule has 1 aliphatic rings. The van der Waals surface area contributed by atoms with E-state index in [1.807, 2.05) is 6.92 Å². The van der Waals surface area contributed by atoms with Gasteiger partial charge in [-0.25, -0.2) is 4.68 Å². The maximum atomic E-state index is 11.0. The fourth-order valence-electron chi connectivity index (χ4n) is 3.67. The highest BCUT2D eigenvalue weighted by atomic mass is 16.5. The van der Waals surface area contributed by atoms with Crippen LogP contribution in [-0.4, -0.2) is 22.0 Å². The third kappa shape index (κ3) is 2.65. The minimum Gasteiger partial charge on any atom is -0.481 e. The zero-order valence-corrected chi connectivity index (χ0v) is 13.4. The number of aryl methyl sites for hydroxylation is 2. The van der Waals surface area contributed by atoms with Crippen LogP contribution in [0.1, 0.15) is 56.4 Å². The van der Waals surface area contributed by atoms with E-state index < -0.39 is 11.5 Å². The Balaban J connectivity index is 2.41. The second-order valence-corrected chi connectivity index (χ2v) is 6.17. The molecule has 1 fully saturated rings. The van der Waals surface area contributed by atoms with Crippen molar-refractivity contribution in [3.8, 4) is 11.9 Å². The van der Waals surface area contributed by atoms with Crippen LogP contribution in [0.5, 0.6) is 5.88 Å². The molecule has 0 spiro atoms. The van der Waals surface area contributed by atoms with Crippen molar-refractivity contribution in [2.24, 2.45) is 18.4 Å². The number of methoxy groups -OCH3 is 1. The van der Waals surface area contributed by atoms with E-state index in [0.29, 0.717) is 17.4 Å². The summed E-state index contributed by atoms with van der Waals surface area (Å²) in [5.74, 6) is 1.06. The van der Waals surface area contributed by atoms with Crippen molar-refractivity contribution in [1.29, 1.82) is 5.26 Å². The molecular formula is C16H25N3O2. The molecule has 0 saturated heterocycles. The van der Waals surface area contributed by atoms with Gasteiger partial charge in [0.15, 0.2) is 0 Å². The summed E-state index contributed by atoms with van der Waals surface area (Å²) in [7, 11) is 3.36. The number of rotatable bonds is 4. The molecule has 0 aromatic carbocycles. The minimum atomic E-state index is -0.847. The molecular weight excluding hydrogens is 266 g/mol. The monoisotopic (exact) mass is 291 g/mol. The summed E-state index contributed by atoms with van der Waals surface area (Å²) >= 11 is 0. The Morgan fingerprint density at radius 3 is 2.90 bits per heavy atom. The van der Waals surface area contributed by atoms with E-state index in [1.54, 1.807) is 18.8 Å². The van der Waals surface area contributed by atoms with Gasteiger partial charge in [0.25, 0.3) is 0 Å². The van der Waals surface area contributed by atoms with Crippen molar-refractivity contribution in [2.45, 2.75) is 52.1 Å². The summed E-state index contributed by atoms with van der Waals surface area (Å²) in [5, 5.41) is 25.1. The molecule has 21 heavy (non-hydrogen) atoms. The van der Waals surface area contributed by atoms with Gasteiger partial charge >= 0.3 is 0 Å². The Labute approximate surface area is 126 Å². The summed E-state index contributed by atoms with van der Waals surface area (Å²) in [5.41, 5.74) is 0.674. The van der Waals surface area contributed by atoms with Gasteiger partial charge in [-0.1, -0.05) is 26.2 Å². The van der Waals surface area contributed by atoms with E-state index >= 15 is 0 Å².